The number of nitrogens with zero attached hydrogens (tertiary/aromatic N) is 3. The summed E-state index contributed by atoms with van der Waals surface area (Å²) < 4.78 is 45.5. The zero-order chi connectivity index (χ0) is 19.0. The molecule has 2 aliphatic rings. The van der Waals surface area contributed by atoms with E-state index < -0.39 is 11.6 Å². The van der Waals surface area contributed by atoms with Crippen molar-refractivity contribution < 1.29 is 22.7 Å². The van der Waals surface area contributed by atoms with Gasteiger partial charge in [-0.1, -0.05) is 12.1 Å². The number of carbonyl (C=O) groups is 1. The molecule has 140 valence electrons. The first-order valence-electron chi connectivity index (χ1n) is 8.49. The number of halogens is 3. The topological polar surface area (TPSA) is 45.1 Å². The summed E-state index contributed by atoms with van der Waals surface area (Å²) in [5.41, 5.74) is 0.669. The summed E-state index contributed by atoms with van der Waals surface area (Å²) in [6.07, 6.45) is 1.74. The molecule has 0 N–H and O–H groups in total. The monoisotopic (exact) mass is 375 g/mol. The minimum Gasteiger partial charge on any atom is -0.484 e. The Morgan fingerprint density at radius 1 is 1.07 bits per heavy atom. The van der Waals surface area contributed by atoms with Crippen molar-refractivity contribution >= 4 is 12.2 Å². The van der Waals surface area contributed by atoms with Crippen molar-refractivity contribution in [2.75, 3.05) is 13.1 Å². The molecule has 1 atom stereocenters. The molecule has 2 aromatic carbocycles. The van der Waals surface area contributed by atoms with Gasteiger partial charge in [-0.25, -0.2) is 23.0 Å². The average molecular weight is 375 g/mol. The van der Waals surface area contributed by atoms with Crippen molar-refractivity contribution in [3.8, 4) is 5.75 Å². The Kier molecular flexibility index (Phi) is 4.47. The van der Waals surface area contributed by atoms with Crippen molar-refractivity contribution in [3.05, 3.63) is 65.5 Å². The highest BCUT2D eigenvalue weighted by molar-refractivity contribution is 5.79. The van der Waals surface area contributed by atoms with E-state index in [2.05, 4.69) is 5.10 Å². The van der Waals surface area contributed by atoms with Gasteiger partial charge in [0.25, 0.3) is 0 Å². The van der Waals surface area contributed by atoms with Crippen LogP contribution in [-0.2, 0) is 0 Å². The lowest BCUT2D eigenvalue weighted by Crippen LogP contribution is -2.58. The molecule has 1 unspecified atom stereocenters. The third-order valence-corrected chi connectivity index (χ3v) is 4.57. The van der Waals surface area contributed by atoms with Crippen LogP contribution in [0.4, 0.5) is 18.0 Å². The van der Waals surface area contributed by atoms with Gasteiger partial charge in [-0.3, -0.25) is 0 Å². The summed E-state index contributed by atoms with van der Waals surface area (Å²) in [6.45, 7) is 0.523. The minimum absolute atomic E-state index is 0.0506. The quantitative estimate of drug-likeness (QED) is 0.821. The molecular formula is C19H16F3N3O2. The third kappa shape index (κ3) is 3.47. The molecule has 27 heavy (non-hydrogen) atoms. The molecule has 4 rings (SSSR count). The number of carbonyl (C=O) groups excluding carboxylic acids is 1. The maximum Gasteiger partial charge on any atom is 0.341 e. The molecule has 0 aromatic heterocycles. The fourth-order valence-corrected chi connectivity index (χ4v) is 3.15. The minimum atomic E-state index is -0.782. The van der Waals surface area contributed by atoms with Gasteiger partial charge in [-0.2, -0.15) is 5.10 Å². The summed E-state index contributed by atoms with van der Waals surface area (Å²) in [7, 11) is 0. The van der Waals surface area contributed by atoms with Gasteiger partial charge in [0.05, 0.1) is 19.1 Å². The van der Waals surface area contributed by atoms with E-state index in [1.165, 1.54) is 28.1 Å². The number of rotatable bonds is 3. The van der Waals surface area contributed by atoms with E-state index in [9.17, 15) is 18.0 Å². The first kappa shape index (κ1) is 17.4. The van der Waals surface area contributed by atoms with Crippen LogP contribution in [0.2, 0.25) is 0 Å². The molecule has 1 saturated heterocycles. The van der Waals surface area contributed by atoms with Gasteiger partial charge in [0.2, 0.25) is 0 Å². The largest absolute Gasteiger partial charge is 0.484 e. The van der Waals surface area contributed by atoms with Crippen LogP contribution in [0, 0.1) is 17.5 Å². The lowest BCUT2D eigenvalue weighted by molar-refractivity contribution is 0.0256. The Hall–Kier alpha value is -3.03. The second-order valence-electron chi connectivity index (χ2n) is 6.45. The van der Waals surface area contributed by atoms with Crippen LogP contribution in [0.3, 0.4) is 0 Å². The van der Waals surface area contributed by atoms with E-state index in [-0.39, 0.29) is 42.8 Å². The molecule has 0 saturated carbocycles. The Balaban J connectivity index is 1.37. The Labute approximate surface area is 153 Å². The SMILES string of the molecule is O=C(N1CC(Oc2ccc(F)cc2F)C1)N1N=CCC1c1cccc(F)c1. The number of urea groups is 1. The fourth-order valence-electron chi connectivity index (χ4n) is 3.15. The molecule has 1 fully saturated rings. The number of likely N-dealkylation sites (tertiary alicyclic amines) is 1. The molecule has 0 spiro atoms. The van der Waals surface area contributed by atoms with Gasteiger partial charge in [-0.15, -0.1) is 0 Å². The molecular weight excluding hydrogens is 359 g/mol. The van der Waals surface area contributed by atoms with E-state index in [4.69, 9.17) is 4.74 Å². The first-order chi connectivity index (χ1) is 13.0. The predicted octanol–water partition coefficient (Wildman–Crippen LogP) is 3.72. The van der Waals surface area contributed by atoms with Gasteiger partial charge in [-0.05, 0) is 29.8 Å². The van der Waals surface area contributed by atoms with Gasteiger partial charge >= 0.3 is 6.03 Å². The summed E-state index contributed by atoms with van der Waals surface area (Å²) in [6, 6.07) is 8.48. The predicted molar refractivity (Wildman–Crippen MR) is 91.8 cm³/mol. The zero-order valence-corrected chi connectivity index (χ0v) is 14.2. The number of benzene rings is 2. The van der Waals surface area contributed by atoms with E-state index >= 15 is 0 Å². The Morgan fingerprint density at radius 3 is 2.59 bits per heavy atom. The molecule has 2 amide bonds. The molecule has 2 heterocycles. The summed E-state index contributed by atoms with van der Waals surface area (Å²) in [5.74, 6) is -1.88. The summed E-state index contributed by atoms with van der Waals surface area (Å²) >= 11 is 0. The van der Waals surface area contributed by atoms with Gasteiger partial charge in [0, 0.05) is 18.7 Å². The van der Waals surface area contributed by atoms with Gasteiger partial charge < -0.3 is 9.64 Å². The molecule has 0 bridgehead atoms. The van der Waals surface area contributed by atoms with Crippen LogP contribution in [-0.4, -0.2) is 41.3 Å². The number of hydrazone groups is 1. The van der Waals surface area contributed by atoms with E-state index in [0.717, 1.165) is 12.1 Å². The number of amides is 2. The highest BCUT2D eigenvalue weighted by atomic mass is 19.1. The second-order valence-corrected chi connectivity index (χ2v) is 6.45. The maximum absolute atomic E-state index is 13.6. The lowest BCUT2D eigenvalue weighted by Gasteiger charge is -2.41. The molecule has 0 aliphatic carbocycles. The van der Waals surface area contributed by atoms with Crippen LogP contribution in [0.15, 0.2) is 47.6 Å². The van der Waals surface area contributed by atoms with Crippen molar-refractivity contribution in [1.29, 1.82) is 0 Å². The molecule has 5 nitrogen and oxygen atoms in total. The number of ether oxygens (including phenoxy) is 1. The highest BCUT2D eigenvalue weighted by Crippen LogP contribution is 2.31. The van der Waals surface area contributed by atoms with Crippen LogP contribution < -0.4 is 4.74 Å². The normalized spacial score (nSPS) is 19.3. The van der Waals surface area contributed by atoms with E-state index in [0.29, 0.717) is 12.0 Å². The first-order valence-corrected chi connectivity index (χ1v) is 8.49. The van der Waals surface area contributed by atoms with Crippen molar-refractivity contribution in [2.24, 2.45) is 5.10 Å². The Morgan fingerprint density at radius 2 is 1.85 bits per heavy atom. The van der Waals surface area contributed by atoms with Gasteiger partial charge in [0.1, 0.15) is 17.7 Å². The summed E-state index contributed by atoms with van der Waals surface area (Å²) in [4.78, 5) is 14.2. The van der Waals surface area contributed by atoms with E-state index in [1.54, 1.807) is 18.3 Å². The highest BCUT2D eigenvalue weighted by Gasteiger charge is 2.39. The van der Waals surface area contributed by atoms with Crippen molar-refractivity contribution in [3.63, 3.8) is 0 Å². The maximum atomic E-state index is 13.6. The number of hydrogen-bond acceptors (Lipinski definition) is 3. The average Bonchev–Trinajstić information content (AvgIpc) is 3.08. The van der Waals surface area contributed by atoms with Crippen LogP contribution >= 0.6 is 0 Å². The number of hydrogen-bond donors (Lipinski definition) is 0. The smallest absolute Gasteiger partial charge is 0.341 e. The molecule has 0 radical (unpaired) electrons. The van der Waals surface area contributed by atoms with Crippen LogP contribution in [0.5, 0.6) is 5.75 Å². The zero-order valence-electron chi connectivity index (χ0n) is 14.2. The fraction of sp³-hybridized carbons (Fsp3) is 0.263. The molecule has 2 aromatic rings. The lowest BCUT2D eigenvalue weighted by atomic mass is 10.0. The molecule has 2 aliphatic heterocycles. The van der Waals surface area contributed by atoms with Gasteiger partial charge in [0.15, 0.2) is 11.6 Å². The Bertz CT molecular complexity index is 900. The summed E-state index contributed by atoms with van der Waals surface area (Å²) in [5, 5.41) is 5.43. The second kappa shape index (κ2) is 6.94. The van der Waals surface area contributed by atoms with Crippen LogP contribution in [0.1, 0.15) is 18.0 Å². The van der Waals surface area contributed by atoms with Crippen molar-refractivity contribution in [1.82, 2.24) is 9.91 Å². The van der Waals surface area contributed by atoms with Crippen molar-refractivity contribution in [2.45, 2.75) is 18.6 Å². The standard InChI is InChI=1S/C19H16F3N3O2/c20-13-3-1-2-12(8-13)17-6-7-23-25(17)19(26)24-10-15(11-24)27-18-5-4-14(21)9-16(18)22/h1-5,7-9,15,17H,6,10-11H2. The van der Waals surface area contributed by atoms with Crippen LogP contribution in [0.25, 0.3) is 0 Å². The third-order valence-electron chi connectivity index (χ3n) is 4.57. The van der Waals surface area contributed by atoms with E-state index in [1.807, 2.05) is 0 Å². The molecule has 8 heteroatoms.